The summed E-state index contributed by atoms with van der Waals surface area (Å²) in [7, 11) is 0. The summed E-state index contributed by atoms with van der Waals surface area (Å²) in [6.07, 6.45) is 29.9. The number of aliphatic carboxylic acids is 1. The molecule has 168 valence electrons. The highest BCUT2D eigenvalue weighted by atomic mass is 16.4. The van der Waals surface area contributed by atoms with Gasteiger partial charge in [-0.05, 0) is 31.8 Å². The van der Waals surface area contributed by atoms with Crippen LogP contribution in [0.1, 0.15) is 96.8 Å². The van der Waals surface area contributed by atoms with E-state index in [1.165, 1.54) is 38.5 Å². The first-order valence-electron chi connectivity index (χ1n) is 11.7. The van der Waals surface area contributed by atoms with E-state index in [1.807, 2.05) is 18.2 Å². The Labute approximate surface area is 184 Å². The molecular weight excluding hydrogens is 372 g/mol. The van der Waals surface area contributed by atoms with Crippen LogP contribution < -0.4 is 0 Å². The third-order valence-electron chi connectivity index (χ3n) is 4.66. The van der Waals surface area contributed by atoms with E-state index in [0.717, 1.165) is 38.5 Å². The number of allylic oxidation sites excluding steroid dienone is 8. The van der Waals surface area contributed by atoms with Crippen LogP contribution in [0.15, 0.2) is 48.6 Å². The Kier molecular flexibility index (Phi) is 21.6. The van der Waals surface area contributed by atoms with Crippen molar-refractivity contribution in [1.29, 1.82) is 0 Å². The number of unbranched alkanes of at least 4 members (excludes halogenated alkanes) is 9. The smallest absolute Gasteiger partial charge is 0.305 e. The number of rotatable bonds is 18. The lowest BCUT2D eigenvalue weighted by molar-refractivity contribution is -0.139. The number of carboxylic acids is 1. The molecule has 3 nitrogen and oxygen atoms in total. The van der Waals surface area contributed by atoms with E-state index in [-0.39, 0.29) is 6.42 Å². The zero-order chi connectivity index (χ0) is 22.1. The Bertz CT molecular complexity index is 573. The molecule has 0 aliphatic rings. The summed E-state index contributed by atoms with van der Waals surface area (Å²) < 4.78 is 0. The topological polar surface area (TPSA) is 57.5 Å². The van der Waals surface area contributed by atoms with Crippen LogP contribution in [-0.4, -0.2) is 22.3 Å². The first-order chi connectivity index (χ1) is 14.7. The molecule has 0 aliphatic carbocycles. The quantitative estimate of drug-likeness (QED) is 0.142. The van der Waals surface area contributed by atoms with Crippen LogP contribution in [0.4, 0.5) is 0 Å². The van der Waals surface area contributed by atoms with Gasteiger partial charge in [0, 0.05) is 6.42 Å². The van der Waals surface area contributed by atoms with Gasteiger partial charge >= 0.3 is 5.97 Å². The molecule has 2 N–H and O–H groups in total. The normalized spacial score (nSPS) is 12.9. The number of hydrogen-bond acceptors (Lipinski definition) is 2. The van der Waals surface area contributed by atoms with Crippen molar-refractivity contribution >= 4 is 5.97 Å². The average Bonchev–Trinajstić information content (AvgIpc) is 2.71. The van der Waals surface area contributed by atoms with E-state index in [1.54, 1.807) is 0 Å². The molecule has 0 fully saturated rings. The number of carbonyl (C=O) groups is 1. The average molecular weight is 415 g/mol. The second-order valence-corrected chi connectivity index (χ2v) is 7.61. The van der Waals surface area contributed by atoms with E-state index >= 15 is 0 Å². The van der Waals surface area contributed by atoms with Gasteiger partial charge in [0.15, 0.2) is 0 Å². The molecule has 0 saturated carbocycles. The van der Waals surface area contributed by atoms with Crippen LogP contribution in [0.5, 0.6) is 0 Å². The van der Waals surface area contributed by atoms with Gasteiger partial charge < -0.3 is 10.2 Å². The van der Waals surface area contributed by atoms with Gasteiger partial charge in [0.25, 0.3) is 0 Å². The molecule has 1 atom stereocenters. The second kappa shape index (κ2) is 23.2. The first kappa shape index (κ1) is 27.9. The lowest BCUT2D eigenvalue weighted by Crippen LogP contribution is -2.12. The van der Waals surface area contributed by atoms with Crippen LogP contribution >= 0.6 is 0 Å². The highest BCUT2D eigenvalue weighted by Gasteiger charge is 2.08. The number of aliphatic hydroxyl groups is 1. The Morgan fingerprint density at radius 1 is 0.867 bits per heavy atom. The van der Waals surface area contributed by atoms with Gasteiger partial charge in [0.05, 0.1) is 12.5 Å². The SMILES string of the molecule is CCCC/C=C\C=C/C/C=C/C=C/C#CCCCCCCCCCC(O)CC(=O)O. The van der Waals surface area contributed by atoms with Crippen LogP contribution in [-0.2, 0) is 4.79 Å². The monoisotopic (exact) mass is 414 g/mol. The summed E-state index contributed by atoms with van der Waals surface area (Å²) in [6.45, 7) is 2.21. The molecule has 30 heavy (non-hydrogen) atoms. The van der Waals surface area contributed by atoms with Crippen molar-refractivity contribution < 1.29 is 15.0 Å². The number of aliphatic hydroxyl groups excluding tert-OH is 1. The summed E-state index contributed by atoms with van der Waals surface area (Å²) in [6, 6.07) is 0. The summed E-state index contributed by atoms with van der Waals surface area (Å²) in [5.74, 6) is 5.35. The van der Waals surface area contributed by atoms with Crippen molar-refractivity contribution in [3.8, 4) is 11.8 Å². The Morgan fingerprint density at radius 3 is 2.20 bits per heavy atom. The van der Waals surface area contributed by atoms with Gasteiger partial charge in [0.1, 0.15) is 0 Å². The van der Waals surface area contributed by atoms with Crippen LogP contribution in [0.25, 0.3) is 0 Å². The van der Waals surface area contributed by atoms with Crippen molar-refractivity contribution in [1.82, 2.24) is 0 Å². The third kappa shape index (κ3) is 24.0. The maximum absolute atomic E-state index is 10.5. The Hall–Kier alpha value is -2.05. The summed E-state index contributed by atoms with van der Waals surface area (Å²) in [4.78, 5) is 10.5. The van der Waals surface area contributed by atoms with E-state index in [0.29, 0.717) is 6.42 Å². The molecule has 0 bridgehead atoms. The van der Waals surface area contributed by atoms with Crippen molar-refractivity contribution in [3.63, 3.8) is 0 Å². The summed E-state index contributed by atoms with van der Waals surface area (Å²) in [5.41, 5.74) is 0. The molecule has 0 heterocycles. The fraction of sp³-hybridized carbons (Fsp3) is 0.593. The standard InChI is InChI=1S/C27H42O3/c1-2-3-4-5-6-7-8-9-10-11-12-13-14-15-16-17-18-19-20-21-22-23-24-26(28)25-27(29)30/h5-8,10-13,26,28H,2-4,9,16-25H2,1H3,(H,29,30)/b6-5-,8-7-,11-10+,13-12+. The highest BCUT2D eigenvalue weighted by Crippen LogP contribution is 2.11. The third-order valence-corrected chi connectivity index (χ3v) is 4.66. The molecule has 0 aromatic carbocycles. The van der Waals surface area contributed by atoms with E-state index in [9.17, 15) is 9.90 Å². The van der Waals surface area contributed by atoms with Gasteiger partial charge in [-0.3, -0.25) is 4.79 Å². The molecule has 0 rings (SSSR count). The minimum absolute atomic E-state index is 0.138. The molecule has 0 aliphatic heterocycles. The van der Waals surface area contributed by atoms with Gasteiger partial charge in [-0.25, -0.2) is 0 Å². The van der Waals surface area contributed by atoms with Crippen molar-refractivity contribution in [3.05, 3.63) is 48.6 Å². The fourth-order valence-electron chi connectivity index (χ4n) is 2.91. The summed E-state index contributed by atoms with van der Waals surface area (Å²) in [5, 5.41) is 18.1. The Balaban J connectivity index is 3.47. The maximum atomic E-state index is 10.5. The van der Waals surface area contributed by atoms with Gasteiger partial charge in [-0.1, -0.05) is 113 Å². The van der Waals surface area contributed by atoms with Crippen LogP contribution in [0.3, 0.4) is 0 Å². The molecule has 0 aromatic heterocycles. The van der Waals surface area contributed by atoms with Crippen LogP contribution in [0.2, 0.25) is 0 Å². The summed E-state index contributed by atoms with van der Waals surface area (Å²) >= 11 is 0. The largest absolute Gasteiger partial charge is 0.481 e. The van der Waals surface area contributed by atoms with E-state index < -0.39 is 12.1 Å². The van der Waals surface area contributed by atoms with Crippen LogP contribution in [0, 0.1) is 11.8 Å². The molecule has 0 radical (unpaired) electrons. The molecule has 0 amide bonds. The molecule has 0 spiro atoms. The van der Waals surface area contributed by atoms with E-state index in [4.69, 9.17) is 5.11 Å². The molecule has 0 saturated heterocycles. The minimum Gasteiger partial charge on any atom is -0.481 e. The zero-order valence-electron chi connectivity index (χ0n) is 18.9. The Morgan fingerprint density at radius 2 is 1.50 bits per heavy atom. The molecule has 0 aromatic rings. The highest BCUT2D eigenvalue weighted by molar-refractivity contribution is 5.67. The minimum atomic E-state index is -0.924. The predicted octanol–water partition coefficient (Wildman–Crippen LogP) is 7.14. The molecular formula is C27H42O3. The van der Waals surface area contributed by atoms with Crippen molar-refractivity contribution in [2.24, 2.45) is 0 Å². The predicted molar refractivity (Wildman–Crippen MR) is 128 cm³/mol. The van der Waals surface area contributed by atoms with Crippen molar-refractivity contribution in [2.45, 2.75) is 103 Å². The maximum Gasteiger partial charge on any atom is 0.305 e. The lowest BCUT2D eigenvalue weighted by Gasteiger charge is -2.07. The lowest BCUT2D eigenvalue weighted by atomic mass is 10.0. The first-order valence-corrected chi connectivity index (χ1v) is 11.7. The zero-order valence-corrected chi connectivity index (χ0v) is 18.9. The van der Waals surface area contributed by atoms with Gasteiger partial charge in [0.2, 0.25) is 0 Å². The fourth-order valence-corrected chi connectivity index (χ4v) is 2.91. The van der Waals surface area contributed by atoms with Gasteiger partial charge in [-0.15, -0.1) is 0 Å². The van der Waals surface area contributed by atoms with E-state index in [2.05, 4.69) is 49.1 Å². The molecule has 1 unspecified atom stereocenters. The number of carboxylic acid groups (broad SMARTS) is 1. The number of hydrogen-bond donors (Lipinski definition) is 2. The second-order valence-electron chi connectivity index (χ2n) is 7.61. The van der Waals surface area contributed by atoms with Crippen molar-refractivity contribution in [2.75, 3.05) is 0 Å². The van der Waals surface area contributed by atoms with Gasteiger partial charge in [-0.2, -0.15) is 0 Å². The molecule has 3 heteroatoms.